The summed E-state index contributed by atoms with van der Waals surface area (Å²) in [7, 11) is 0. The fourth-order valence-corrected chi connectivity index (χ4v) is 4.25. The predicted molar refractivity (Wildman–Crippen MR) is 87.5 cm³/mol. The molecule has 1 fully saturated rings. The van der Waals surface area contributed by atoms with E-state index in [4.69, 9.17) is 0 Å². The lowest BCUT2D eigenvalue weighted by molar-refractivity contribution is 0.0932. The molecule has 2 atom stereocenters. The van der Waals surface area contributed by atoms with Crippen LogP contribution in [0.5, 0.6) is 0 Å². The Balaban J connectivity index is 1.67. The molecular weight excluding hydrogens is 298 g/mol. The lowest BCUT2D eigenvalue weighted by Gasteiger charge is -2.29. The van der Waals surface area contributed by atoms with E-state index in [0.29, 0.717) is 23.0 Å². The van der Waals surface area contributed by atoms with Crippen molar-refractivity contribution >= 4 is 23.2 Å². The van der Waals surface area contributed by atoms with Crippen molar-refractivity contribution in [3.05, 3.63) is 21.4 Å². The summed E-state index contributed by atoms with van der Waals surface area (Å²) in [6.45, 7) is 3.79. The molecule has 5 nitrogen and oxygen atoms in total. The molecule has 0 spiro atoms. The maximum absolute atomic E-state index is 12.4. The van der Waals surface area contributed by atoms with Gasteiger partial charge in [-0.3, -0.25) is 9.59 Å². The maximum atomic E-state index is 12.4. The summed E-state index contributed by atoms with van der Waals surface area (Å²) >= 11 is 1.46. The fraction of sp³-hybridized carbons (Fsp3) is 0.625. The van der Waals surface area contributed by atoms with Crippen LogP contribution in [0.2, 0.25) is 0 Å². The number of hydrogen-bond acceptors (Lipinski definition) is 4. The minimum Gasteiger partial charge on any atom is -0.352 e. The molecular formula is C16H23N3O2S. The van der Waals surface area contributed by atoms with Crippen LogP contribution in [0.15, 0.2) is 6.07 Å². The summed E-state index contributed by atoms with van der Waals surface area (Å²) in [5, 5.41) is 9.42. The molecule has 6 heteroatoms. The molecule has 2 aliphatic heterocycles. The van der Waals surface area contributed by atoms with Crippen molar-refractivity contribution in [1.29, 1.82) is 0 Å². The van der Waals surface area contributed by atoms with Gasteiger partial charge in [0.2, 0.25) is 0 Å². The van der Waals surface area contributed by atoms with Gasteiger partial charge in [-0.2, -0.15) is 0 Å². The van der Waals surface area contributed by atoms with E-state index in [1.165, 1.54) is 24.2 Å². The van der Waals surface area contributed by atoms with Crippen LogP contribution in [0, 0.1) is 0 Å². The van der Waals surface area contributed by atoms with Crippen molar-refractivity contribution in [2.75, 3.05) is 13.1 Å². The number of hydrogen-bond donors (Lipinski definition) is 3. The van der Waals surface area contributed by atoms with Crippen LogP contribution in [-0.4, -0.2) is 37.0 Å². The van der Waals surface area contributed by atoms with Gasteiger partial charge >= 0.3 is 0 Å². The number of carbonyl (C=O) groups is 2. The quantitative estimate of drug-likeness (QED) is 0.793. The molecule has 0 aromatic carbocycles. The first-order valence-electron chi connectivity index (χ1n) is 8.10. The summed E-state index contributed by atoms with van der Waals surface area (Å²) < 4.78 is 0. The number of rotatable bonds is 3. The van der Waals surface area contributed by atoms with Crippen molar-refractivity contribution in [3.8, 4) is 0 Å². The number of fused-ring (bicyclic) bond motifs is 1. The average Bonchev–Trinajstić information content (AvgIpc) is 2.89. The Morgan fingerprint density at radius 3 is 3.00 bits per heavy atom. The van der Waals surface area contributed by atoms with Gasteiger partial charge in [0, 0.05) is 23.5 Å². The second-order valence-electron chi connectivity index (χ2n) is 6.13. The Morgan fingerprint density at radius 1 is 1.36 bits per heavy atom. The van der Waals surface area contributed by atoms with Gasteiger partial charge in [0.05, 0.1) is 10.4 Å². The van der Waals surface area contributed by atoms with Crippen LogP contribution in [0.3, 0.4) is 0 Å². The van der Waals surface area contributed by atoms with E-state index < -0.39 is 0 Å². The minimum atomic E-state index is -0.0641. The van der Waals surface area contributed by atoms with Crippen molar-refractivity contribution in [2.45, 2.75) is 51.1 Å². The molecule has 1 saturated heterocycles. The number of aryl methyl sites for hydroxylation is 1. The van der Waals surface area contributed by atoms with Crippen LogP contribution in [-0.2, 0) is 6.42 Å². The highest BCUT2D eigenvalue weighted by Crippen LogP contribution is 2.25. The third-order valence-corrected chi connectivity index (χ3v) is 5.65. The van der Waals surface area contributed by atoms with E-state index in [0.717, 1.165) is 30.7 Å². The zero-order valence-corrected chi connectivity index (χ0v) is 13.7. The smallest absolute Gasteiger partial charge is 0.261 e. The summed E-state index contributed by atoms with van der Waals surface area (Å²) in [4.78, 5) is 26.1. The van der Waals surface area contributed by atoms with E-state index >= 15 is 0 Å². The lowest BCUT2D eigenvalue weighted by atomic mass is 9.99. The fourth-order valence-electron chi connectivity index (χ4n) is 3.15. The molecule has 22 heavy (non-hydrogen) atoms. The maximum Gasteiger partial charge on any atom is 0.261 e. The molecule has 0 saturated carbocycles. The normalized spacial score (nSPS) is 23.1. The van der Waals surface area contributed by atoms with Crippen molar-refractivity contribution in [2.24, 2.45) is 0 Å². The first kappa shape index (κ1) is 15.5. The van der Waals surface area contributed by atoms with Crippen LogP contribution >= 0.6 is 11.3 Å². The van der Waals surface area contributed by atoms with E-state index in [-0.39, 0.29) is 17.9 Å². The van der Waals surface area contributed by atoms with Crippen LogP contribution in [0.1, 0.15) is 57.5 Å². The molecule has 0 bridgehead atoms. The SMILES string of the molecule is CC(NC(=O)c1cc2c(s1)CCCNC2=O)C1CCCCN1. The van der Waals surface area contributed by atoms with Gasteiger partial charge in [-0.1, -0.05) is 6.42 Å². The van der Waals surface area contributed by atoms with Gasteiger partial charge in [-0.25, -0.2) is 0 Å². The molecule has 1 aromatic heterocycles. The molecule has 0 radical (unpaired) electrons. The van der Waals surface area contributed by atoms with Gasteiger partial charge in [-0.15, -0.1) is 11.3 Å². The highest BCUT2D eigenvalue weighted by atomic mass is 32.1. The Morgan fingerprint density at radius 2 is 2.23 bits per heavy atom. The van der Waals surface area contributed by atoms with Crippen molar-refractivity contribution in [3.63, 3.8) is 0 Å². The molecule has 120 valence electrons. The topological polar surface area (TPSA) is 70.2 Å². The van der Waals surface area contributed by atoms with Crippen molar-refractivity contribution in [1.82, 2.24) is 16.0 Å². The largest absolute Gasteiger partial charge is 0.352 e. The molecule has 2 aliphatic rings. The minimum absolute atomic E-state index is 0.0511. The number of amides is 2. The second kappa shape index (κ2) is 6.79. The van der Waals surface area contributed by atoms with Gasteiger partial charge in [-0.05, 0) is 45.2 Å². The number of piperidine rings is 1. The summed E-state index contributed by atoms with van der Waals surface area (Å²) in [5.41, 5.74) is 0.677. The van der Waals surface area contributed by atoms with Crippen molar-refractivity contribution < 1.29 is 9.59 Å². The molecule has 3 rings (SSSR count). The Labute approximate surface area is 134 Å². The Bertz CT molecular complexity index is 564. The van der Waals surface area contributed by atoms with E-state index in [9.17, 15) is 9.59 Å². The first-order chi connectivity index (χ1) is 10.6. The van der Waals surface area contributed by atoms with E-state index in [1.807, 2.05) is 6.92 Å². The van der Waals surface area contributed by atoms with E-state index in [2.05, 4.69) is 16.0 Å². The molecule has 3 N–H and O–H groups in total. The summed E-state index contributed by atoms with van der Waals surface area (Å²) in [6.07, 6.45) is 5.33. The number of nitrogens with one attached hydrogen (secondary N) is 3. The van der Waals surface area contributed by atoms with Gasteiger partial charge in [0.1, 0.15) is 0 Å². The summed E-state index contributed by atoms with van der Waals surface area (Å²) in [5.74, 6) is -0.115. The average molecular weight is 321 g/mol. The third kappa shape index (κ3) is 3.33. The molecule has 3 heterocycles. The van der Waals surface area contributed by atoms with Gasteiger partial charge in [0.25, 0.3) is 11.8 Å². The zero-order chi connectivity index (χ0) is 15.5. The van der Waals surface area contributed by atoms with Crippen LogP contribution in [0.25, 0.3) is 0 Å². The summed E-state index contributed by atoms with van der Waals surface area (Å²) in [6, 6.07) is 2.19. The van der Waals surface area contributed by atoms with Gasteiger partial charge < -0.3 is 16.0 Å². The first-order valence-corrected chi connectivity index (χ1v) is 8.92. The number of carbonyl (C=O) groups excluding carboxylic acids is 2. The molecule has 1 aromatic rings. The Hall–Kier alpha value is -1.40. The van der Waals surface area contributed by atoms with Crippen LogP contribution in [0.4, 0.5) is 0 Å². The van der Waals surface area contributed by atoms with Crippen LogP contribution < -0.4 is 16.0 Å². The lowest BCUT2D eigenvalue weighted by Crippen LogP contribution is -2.50. The number of thiophene rings is 1. The monoisotopic (exact) mass is 321 g/mol. The zero-order valence-electron chi connectivity index (χ0n) is 12.9. The highest BCUT2D eigenvalue weighted by molar-refractivity contribution is 7.14. The highest BCUT2D eigenvalue weighted by Gasteiger charge is 2.24. The van der Waals surface area contributed by atoms with E-state index in [1.54, 1.807) is 6.07 Å². The van der Waals surface area contributed by atoms with Gasteiger partial charge in [0.15, 0.2) is 0 Å². The Kier molecular flexibility index (Phi) is 4.78. The third-order valence-electron chi connectivity index (χ3n) is 4.45. The molecule has 2 amide bonds. The predicted octanol–water partition coefficient (Wildman–Crippen LogP) is 1.68. The second-order valence-corrected chi connectivity index (χ2v) is 7.26. The molecule has 2 unspecified atom stereocenters. The molecule has 0 aliphatic carbocycles. The standard InChI is InChI=1S/C16H23N3O2S/c1-10(12-5-2-3-7-17-12)19-16(21)14-9-11-13(22-14)6-4-8-18-15(11)20/h9-10,12,17H,2-8H2,1H3,(H,18,20)(H,19,21).